The zero-order valence-electron chi connectivity index (χ0n) is 9.17. The molecular formula is C11H22N2S. The van der Waals surface area contributed by atoms with E-state index in [2.05, 4.69) is 23.6 Å². The van der Waals surface area contributed by atoms with Gasteiger partial charge < -0.3 is 5.73 Å². The molecule has 2 aliphatic rings. The molecule has 0 aromatic rings. The number of hydrogen-bond donors (Lipinski definition) is 1. The number of rotatable bonds is 3. The highest BCUT2D eigenvalue weighted by atomic mass is 32.2. The van der Waals surface area contributed by atoms with Crippen molar-refractivity contribution in [3.63, 3.8) is 0 Å². The molecule has 82 valence electrons. The van der Waals surface area contributed by atoms with E-state index in [1.165, 1.54) is 44.5 Å². The van der Waals surface area contributed by atoms with Crippen molar-refractivity contribution in [1.29, 1.82) is 0 Å². The molecule has 0 aromatic heterocycles. The summed E-state index contributed by atoms with van der Waals surface area (Å²) >= 11 is 2.14. The topological polar surface area (TPSA) is 29.3 Å². The van der Waals surface area contributed by atoms with Crippen LogP contribution in [0.3, 0.4) is 0 Å². The van der Waals surface area contributed by atoms with E-state index in [-0.39, 0.29) is 5.54 Å². The molecule has 2 rings (SSSR count). The summed E-state index contributed by atoms with van der Waals surface area (Å²) in [6.45, 7) is 5.95. The fourth-order valence-electron chi connectivity index (χ4n) is 2.41. The first-order valence-electron chi connectivity index (χ1n) is 5.85. The highest BCUT2D eigenvalue weighted by Gasteiger charge is 2.35. The van der Waals surface area contributed by atoms with E-state index >= 15 is 0 Å². The van der Waals surface area contributed by atoms with Gasteiger partial charge in [-0.1, -0.05) is 6.92 Å². The molecule has 0 bridgehead atoms. The average Bonchev–Trinajstić information content (AvgIpc) is 2.16. The normalized spacial score (nSPS) is 32.6. The van der Waals surface area contributed by atoms with Gasteiger partial charge in [-0.25, -0.2) is 0 Å². The molecule has 1 unspecified atom stereocenters. The Hall–Kier alpha value is 0.270. The molecule has 1 aliphatic heterocycles. The lowest BCUT2D eigenvalue weighted by molar-refractivity contribution is 0.147. The average molecular weight is 214 g/mol. The van der Waals surface area contributed by atoms with Crippen molar-refractivity contribution >= 4 is 11.8 Å². The second-order valence-electron chi connectivity index (χ2n) is 4.85. The minimum atomic E-state index is 0.181. The Labute approximate surface area is 91.6 Å². The van der Waals surface area contributed by atoms with Gasteiger partial charge in [-0.2, -0.15) is 11.8 Å². The maximum Gasteiger partial charge on any atom is 0.0283 e. The van der Waals surface area contributed by atoms with Gasteiger partial charge in [0.15, 0.2) is 0 Å². The van der Waals surface area contributed by atoms with Gasteiger partial charge in [-0.15, -0.1) is 0 Å². The minimum absolute atomic E-state index is 0.181. The summed E-state index contributed by atoms with van der Waals surface area (Å²) in [5.41, 5.74) is 6.45. The van der Waals surface area contributed by atoms with Crippen LogP contribution in [0.15, 0.2) is 0 Å². The van der Waals surface area contributed by atoms with E-state index < -0.39 is 0 Å². The standard InChI is InChI=1S/C11H22N2S/c1-2-10-8-13(6-7-14-10)9-11(12)4-3-5-11/h10H,2-9,12H2,1H3. The lowest BCUT2D eigenvalue weighted by atomic mass is 9.77. The van der Waals surface area contributed by atoms with Gasteiger partial charge in [0.25, 0.3) is 0 Å². The summed E-state index contributed by atoms with van der Waals surface area (Å²) in [6, 6.07) is 0. The second-order valence-corrected chi connectivity index (χ2v) is 6.26. The van der Waals surface area contributed by atoms with Gasteiger partial charge in [-0.3, -0.25) is 4.90 Å². The Morgan fingerprint density at radius 1 is 1.50 bits per heavy atom. The Kier molecular flexibility index (Phi) is 3.40. The van der Waals surface area contributed by atoms with Gasteiger partial charge in [0.2, 0.25) is 0 Å². The Balaban J connectivity index is 1.79. The zero-order valence-corrected chi connectivity index (χ0v) is 9.98. The third-order valence-electron chi connectivity index (χ3n) is 3.57. The van der Waals surface area contributed by atoms with Crippen LogP contribution in [0.1, 0.15) is 32.6 Å². The molecular weight excluding hydrogens is 192 g/mol. The molecule has 1 atom stereocenters. The van der Waals surface area contributed by atoms with E-state index in [0.717, 1.165) is 11.8 Å². The van der Waals surface area contributed by atoms with Gasteiger partial charge in [0, 0.05) is 36.2 Å². The van der Waals surface area contributed by atoms with E-state index in [0.29, 0.717) is 0 Å². The molecule has 2 N–H and O–H groups in total. The van der Waals surface area contributed by atoms with Gasteiger partial charge in [0.05, 0.1) is 0 Å². The van der Waals surface area contributed by atoms with Crippen LogP contribution in [-0.4, -0.2) is 41.1 Å². The maximum atomic E-state index is 6.27. The van der Waals surface area contributed by atoms with E-state index in [9.17, 15) is 0 Å². The first-order valence-corrected chi connectivity index (χ1v) is 6.89. The van der Waals surface area contributed by atoms with Crippen LogP contribution in [-0.2, 0) is 0 Å². The minimum Gasteiger partial charge on any atom is -0.324 e. The van der Waals surface area contributed by atoms with Crippen LogP contribution in [0.5, 0.6) is 0 Å². The van der Waals surface area contributed by atoms with Crippen molar-refractivity contribution in [2.75, 3.05) is 25.4 Å². The predicted molar refractivity (Wildman–Crippen MR) is 63.7 cm³/mol. The third kappa shape index (κ3) is 2.44. The van der Waals surface area contributed by atoms with Crippen molar-refractivity contribution in [2.24, 2.45) is 5.73 Å². The first kappa shape index (κ1) is 10.8. The molecule has 0 spiro atoms. The first-order chi connectivity index (χ1) is 6.72. The highest BCUT2D eigenvalue weighted by molar-refractivity contribution is 8.00. The zero-order chi connectivity index (χ0) is 10.0. The highest BCUT2D eigenvalue weighted by Crippen LogP contribution is 2.31. The van der Waals surface area contributed by atoms with E-state index in [1.807, 2.05) is 0 Å². The van der Waals surface area contributed by atoms with Crippen LogP contribution >= 0.6 is 11.8 Å². The number of nitrogens with two attached hydrogens (primary N) is 1. The van der Waals surface area contributed by atoms with Crippen LogP contribution in [0, 0.1) is 0 Å². The van der Waals surface area contributed by atoms with E-state index in [1.54, 1.807) is 0 Å². The van der Waals surface area contributed by atoms with Crippen molar-refractivity contribution in [3.8, 4) is 0 Å². The Morgan fingerprint density at radius 3 is 2.86 bits per heavy atom. The molecule has 1 heterocycles. The van der Waals surface area contributed by atoms with Crippen molar-refractivity contribution in [2.45, 2.75) is 43.4 Å². The molecule has 1 saturated carbocycles. The fraction of sp³-hybridized carbons (Fsp3) is 1.00. The van der Waals surface area contributed by atoms with Crippen LogP contribution in [0.4, 0.5) is 0 Å². The van der Waals surface area contributed by atoms with Gasteiger partial charge in [0.1, 0.15) is 0 Å². The number of hydrogen-bond acceptors (Lipinski definition) is 3. The van der Waals surface area contributed by atoms with E-state index in [4.69, 9.17) is 5.73 Å². The Bertz CT molecular complexity index is 192. The quantitative estimate of drug-likeness (QED) is 0.775. The Morgan fingerprint density at radius 2 is 2.29 bits per heavy atom. The van der Waals surface area contributed by atoms with Crippen LogP contribution in [0.25, 0.3) is 0 Å². The molecule has 1 saturated heterocycles. The monoisotopic (exact) mass is 214 g/mol. The van der Waals surface area contributed by atoms with Gasteiger partial charge in [-0.05, 0) is 25.7 Å². The molecule has 14 heavy (non-hydrogen) atoms. The van der Waals surface area contributed by atoms with Gasteiger partial charge >= 0.3 is 0 Å². The lowest BCUT2D eigenvalue weighted by Crippen LogP contribution is -2.56. The van der Waals surface area contributed by atoms with Crippen molar-refractivity contribution < 1.29 is 0 Å². The maximum absolute atomic E-state index is 6.27. The largest absolute Gasteiger partial charge is 0.324 e. The summed E-state index contributed by atoms with van der Waals surface area (Å²) in [6.07, 6.45) is 5.13. The summed E-state index contributed by atoms with van der Waals surface area (Å²) < 4.78 is 0. The van der Waals surface area contributed by atoms with Crippen molar-refractivity contribution in [1.82, 2.24) is 4.90 Å². The predicted octanol–water partition coefficient (Wildman–Crippen LogP) is 1.70. The van der Waals surface area contributed by atoms with Crippen LogP contribution in [0.2, 0.25) is 0 Å². The molecule has 0 amide bonds. The molecule has 0 radical (unpaired) electrons. The lowest BCUT2D eigenvalue weighted by Gasteiger charge is -2.44. The molecule has 0 aromatic carbocycles. The number of nitrogens with zero attached hydrogens (tertiary/aromatic N) is 1. The molecule has 2 nitrogen and oxygen atoms in total. The second kappa shape index (κ2) is 4.42. The summed E-state index contributed by atoms with van der Waals surface area (Å²) in [4.78, 5) is 2.59. The van der Waals surface area contributed by atoms with Crippen LogP contribution < -0.4 is 5.73 Å². The van der Waals surface area contributed by atoms with Crippen molar-refractivity contribution in [3.05, 3.63) is 0 Å². The summed E-state index contributed by atoms with van der Waals surface area (Å²) in [5, 5.41) is 0.854. The molecule has 2 fully saturated rings. The molecule has 1 aliphatic carbocycles. The number of thioether (sulfide) groups is 1. The molecule has 3 heteroatoms. The summed E-state index contributed by atoms with van der Waals surface area (Å²) in [7, 11) is 0. The smallest absolute Gasteiger partial charge is 0.0283 e. The SMILES string of the molecule is CCC1CN(CC2(N)CCC2)CCS1. The third-order valence-corrected chi connectivity index (χ3v) is 4.94. The summed E-state index contributed by atoms with van der Waals surface area (Å²) in [5.74, 6) is 1.30. The fourth-order valence-corrected chi connectivity index (χ4v) is 3.65.